The smallest absolute Gasteiger partial charge is 0.321 e. The Labute approximate surface area is 156 Å². The number of carboxylic acids is 1. The largest absolute Gasteiger partial charge is 0.480 e. The summed E-state index contributed by atoms with van der Waals surface area (Å²) in [7, 11) is 0. The number of benzene rings is 1. The second-order valence-electron chi connectivity index (χ2n) is 6.49. The highest BCUT2D eigenvalue weighted by Gasteiger charge is 2.21. The average molecular weight is 376 g/mol. The van der Waals surface area contributed by atoms with Gasteiger partial charge in [-0.2, -0.15) is 0 Å². The number of anilines is 2. The zero-order valence-electron chi connectivity index (χ0n) is 14.9. The highest BCUT2D eigenvalue weighted by atomic mass is 16.6. The lowest BCUT2D eigenvalue weighted by Gasteiger charge is -2.17. The van der Waals surface area contributed by atoms with Gasteiger partial charge in [-0.15, -0.1) is 0 Å². The van der Waals surface area contributed by atoms with Gasteiger partial charge in [-0.3, -0.25) is 19.7 Å². The number of nitro benzene ring substituents is 1. The van der Waals surface area contributed by atoms with Crippen LogP contribution in [0.25, 0.3) is 0 Å². The van der Waals surface area contributed by atoms with E-state index in [1.807, 2.05) is 0 Å². The molecule has 1 aromatic rings. The first-order chi connectivity index (χ1) is 12.9. The number of hydrogen-bond acceptors (Lipinski definition) is 6. The van der Waals surface area contributed by atoms with Crippen LogP contribution in [0.5, 0.6) is 0 Å². The van der Waals surface area contributed by atoms with Crippen LogP contribution in [0.4, 0.5) is 17.1 Å². The topological polar surface area (TPSA) is 148 Å². The molecule has 146 valence electrons. The highest BCUT2D eigenvalue weighted by Crippen LogP contribution is 2.25. The van der Waals surface area contributed by atoms with Crippen LogP contribution in [-0.4, -0.2) is 34.5 Å². The number of hydrogen-bond donors (Lipinski definition) is 4. The molecule has 0 spiro atoms. The van der Waals surface area contributed by atoms with E-state index in [2.05, 4.69) is 16.7 Å². The molecular weight excluding hydrogens is 352 g/mol. The summed E-state index contributed by atoms with van der Waals surface area (Å²) in [5.74, 6) is -1.67. The lowest BCUT2D eigenvalue weighted by Crippen LogP contribution is -2.40. The Morgan fingerprint density at radius 2 is 2.11 bits per heavy atom. The first-order valence-corrected chi connectivity index (χ1v) is 8.84. The van der Waals surface area contributed by atoms with Crippen LogP contribution >= 0.6 is 0 Å². The molecule has 1 aromatic carbocycles. The predicted molar refractivity (Wildman–Crippen MR) is 101 cm³/mol. The van der Waals surface area contributed by atoms with Gasteiger partial charge >= 0.3 is 5.97 Å². The molecule has 1 unspecified atom stereocenters. The maximum Gasteiger partial charge on any atom is 0.321 e. The van der Waals surface area contributed by atoms with Crippen molar-refractivity contribution in [2.24, 2.45) is 0 Å². The Morgan fingerprint density at radius 3 is 2.74 bits per heavy atom. The first-order valence-electron chi connectivity index (χ1n) is 8.84. The quantitative estimate of drug-likeness (QED) is 0.224. The molecule has 0 bridgehead atoms. The van der Waals surface area contributed by atoms with E-state index < -0.39 is 22.8 Å². The third-order valence-corrected chi connectivity index (χ3v) is 4.42. The van der Waals surface area contributed by atoms with Crippen molar-refractivity contribution in [1.29, 1.82) is 0 Å². The third-order valence-electron chi connectivity index (χ3n) is 4.42. The maximum absolute atomic E-state index is 12.1. The molecule has 0 aromatic heterocycles. The van der Waals surface area contributed by atoms with Crippen LogP contribution in [0.1, 0.15) is 38.5 Å². The normalized spacial score (nSPS) is 14.9. The van der Waals surface area contributed by atoms with Crippen molar-refractivity contribution in [1.82, 2.24) is 5.32 Å². The number of amides is 1. The zero-order valence-corrected chi connectivity index (χ0v) is 14.9. The molecule has 0 saturated heterocycles. The number of allylic oxidation sites excluding steroid dienone is 1. The zero-order chi connectivity index (χ0) is 19.8. The van der Waals surface area contributed by atoms with Gasteiger partial charge < -0.3 is 21.5 Å². The minimum absolute atomic E-state index is 0.0138. The molecule has 5 N–H and O–H groups in total. The number of nitrogens with two attached hydrogens (primary N) is 1. The summed E-state index contributed by atoms with van der Waals surface area (Å²) >= 11 is 0. The highest BCUT2D eigenvalue weighted by molar-refractivity contribution is 5.94. The fourth-order valence-electron chi connectivity index (χ4n) is 2.96. The van der Waals surface area contributed by atoms with Crippen LogP contribution in [-0.2, 0) is 9.59 Å². The Balaban J connectivity index is 1.88. The van der Waals surface area contributed by atoms with E-state index in [1.54, 1.807) is 0 Å². The maximum atomic E-state index is 12.1. The summed E-state index contributed by atoms with van der Waals surface area (Å²) in [6.45, 7) is 0.476. The second-order valence-corrected chi connectivity index (χ2v) is 6.49. The standard InChI is InChI=1S/C18H24N4O5/c19-14-7-6-13(10-16(14)22(26)27)21-17(23)11-15(18(24)25)20-9-8-12-4-2-1-3-5-12/h4,6-7,10,15,20H,1-3,5,8-9,11,19H2,(H,21,23)(H,24,25). The van der Waals surface area contributed by atoms with E-state index >= 15 is 0 Å². The first kappa shape index (κ1) is 20.4. The Hall–Kier alpha value is -2.94. The Bertz CT molecular complexity index is 747. The average Bonchev–Trinajstić information content (AvgIpc) is 2.63. The van der Waals surface area contributed by atoms with Gasteiger partial charge in [0, 0.05) is 11.8 Å². The number of carbonyl (C=O) groups is 2. The summed E-state index contributed by atoms with van der Waals surface area (Å²) in [6.07, 6.45) is 7.12. The van der Waals surface area contributed by atoms with Crippen molar-refractivity contribution in [3.8, 4) is 0 Å². The van der Waals surface area contributed by atoms with Crippen LogP contribution in [0.15, 0.2) is 29.8 Å². The number of carbonyl (C=O) groups excluding carboxylic acids is 1. The van der Waals surface area contributed by atoms with Crippen LogP contribution < -0.4 is 16.4 Å². The predicted octanol–water partition coefficient (Wildman–Crippen LogP) is 2.44. The van der Waals surface area contributed by atoms with E-state index in [0.29, 0.717) is 6.54 Å². The Morgan fingerprint density at radius 1 is 1.33 bits per heavy atom. The summed E-state index contributed by atoms with van der Waals surface area (Å²) in [4.78, 5) is 33.8. The van der Waals surface area contributed by atoms with Gasteiger partial charge in [0.1, 0.15) is 11.7 Å². The van der Waals surface area contributed by atoms with Gasteiger partial charge in [0.25, 0.3) is 5.69 Å². The van der Waals surface area contributed by atoms with E-state index in [-0.39, 0.29) is 23.5 Å². The number of nitrogens with one attached hydrogen (secondary N) is 2. The van der Waals surface area contributed by atoms with E-state index in [1.165, 1.54) is 24.1 Å². The monoisotopic (exact) mass is 376 g/mol. The van der Waals surface area contributed by atoms with Crippen molar-refractivity contribution < 1.29 is 19.6 Å². The summed E-state index contributed by atoms with van der Waals surface area (Å²) in [5.41, 5.74) is 6.69. The number of rotatable bonds is 9. The summed E-state index contributed by atoms with van der Waals surface area (Å²) in [5, 5.41) is 25.6. The third kappa shape index (κ3) is 6.37. The summed E-state index contributed by atoms with van der Waals surface area (Å²) < 4.78 is 0. The Kier molecular flexibility index (Phi) is 7.30. The molecule has 1 aliphatic rings. The number of nitrogens with zero attached hydrogens (tertiary/aromatic N) is 1. The molecule has 2 rings (SSSR count). The fraction of sp³-hybridized carbons (Fsp3) is 0.444. The van der Waals surface area contributed by atoms with Gasteiger partial charge in [-0.1, -0.05) is 11.6 Å². The number of nitro groups is 1. The number of nitrogen functional groups attached to an aromatic ring is 1. The molecule has 0 radical (unpaired) electrons. The van der Waals surface area contributed by atoms with Crippen molar-refractivity contribution in [2.75, 3.05) is 17.6 Å². The van der Waals surface area contributed by atoms with Gasteiger partial charge in [0.2, 0.25) is 5.91 Å². The van der Waals surface area contributed by atoms with Crippen molar-refractivity contribution >= 4 is 28.9 Å². The molecule has 1 atom stereocenters. The lowest BCUT2D eigenvalue weighted by molar-refractivity contribution is -0.383. The van der Waals surface area contributed by atoms with Gasteiger partial charge in [-0.05, 0) is 50.8 Å². The summed E-state index contributed by atoms with van der Waals surface area (Å²) in [6, 6.07) is 2.86. The molecule has 0 fully saturated rings. The molecular formula is C18H24N4O5. The second kappa shape index (κ2) is 9.67. The fourth-order valence-corrected chi connectivity index (χ4v) is 2.96. The number of carboxylic acid groups (broad SMARTS) is 1. The van der Waals surface area contributed by atoms with Crippen molar-refractivity contribution in [2.45, 2.75) is 44.6 Å². The van der Waals surface area contributed by atoms with Crippen molar-refractivity contribution in [3.63, 3.8) is 0 Å². The number of aliphatic carboxylic acids is 1. The molecule has 9 nitrogen and oxygen atoms in total. The van der Waals surface area contributed by atoms with Crippen LogP contribution in [0.2, 0.25) is 0 Å². The molecule has 0 saturated carbocycles. The molecule has 9 heteroatoms. The molecule has 1 aliphatic carbocycles. The van der Waals surface area contributed by atoms with Crippen molar-refractivity contribution in [3.05, 3.63) is 40.0 Å². The SMILES string of the molecule is Nc1ccc(NC(=O)CC(NCCC2=CCCCC2)C(=O)O)cc1[N+](=O)[O-]. The van der Waals surface area contributed by atoms with Crippen LogP contribution in [0.3, 0.4) is 0 Å². The molecule has 27 heavy (non-hydrogen) atoms. The minimum atomic E-state index is -1.12. The van der Waals surface area contributed by atoms with E-state index in [9.17, 15) is 24.8 Å². The van der Waals surface area contributed by atoms with Gasteiger partial charge in [0.05, 0.1) is 11.3 Å². The van der Waals surface area contributed by atoms with Crippen LogP contribution in [0, 0.1) is 10.1 Å². The van der Waals surface area contributed by atoms with E-state index in [0.717, 1.165) is 31.7 Å². The van der Waals surface area contributed by atoms with E-state index in [4.69, 9.17) is 5.73 Å². The van der Waals surface area contributed by atoms with Gasteiger partial charge in [-0.25, -0.2) is 0 Å². The minimum Gasteiger partial charge on any atom is -0.480 e. The molecule has 0 aliphatic heterocycles. The molecule has 1 amide bonds. The van der Waals surface area contributed by atoms with Gasteiger partial charge in [0.15, 0.2) is 0 Å². The lowest BCUT2D eigenvalue weighted by atomic mass is 9.97. The molecule has 0 heterocycles.